The second-order valence-corrected chi connectivity index (χ2v) is 12.8. The first kappa shape index (κ1) is 29.3. The van der Waals surface area contributed by atoms with Crippen LogP contribution in [0.1, 0.15) is 98.4 Å². The van der Waals surface area contributed by atoms with Crippen molar-refractivity contribution < 1.29 is 32.2 Å². The molecule has 2 aromatic rings. The summed E-state index contributed by atoms with van der Waals surface area (Å²) in [4.78, 5) is 33.1. The van der Waals surface area contributed by atoms with E-state index in [1.54, 1.807) is 0 Å². The number of hydrogen-bond acceptors (Lipinski definition) is 6. The molecule has 5 heterocycles. The van der Waals surface area contributed by atoms with Gasteiger partial charge in [-0.2, -0.15) is 13.2 Å². The van der Waals surface area contributed by atoms with Gasteiger partial charge in [0.1, 0.15) is 29.6 Å². The fourth-order valence-corrected chi connectivity index (χ4v) is 7.00. The molecule has 0 spiro atoms. The molecule has 6 bridgehead atoms. The first-order valence-electron chi connectivity index (χ1n) is 14.9. The van der Waals surface area contributed by atoms with E-state index in [4.69, 9.17) is 20.2 Å². The van der Waals surface area contributed by atoms with Crippen molar-refractivity contribution in [2.75, 3.05) is 6.61 Å². The van der Waals surface area contributed by atoms with Crippen molar-refractivity contribution in [2.45, 2.75) is 95.1 Å². The van der Waals surface area contributed by atoms with Crippen LogP contribution in [0.2, 0.25) is 0 Å². The maximum absolute atomic E-state index is 14.5. The lowest BCUT2D eigenvalue weighted by molar-refractivity contribution is -0.201. The van der Waals surface area contributed by atoms with E-state index in [1.807, 2.05) is 32.9 Å². The number of fused-ring (bicyclic) bond motifs is 5. The molecule has 0 fully saturated rings. The molecule has 5 aliphatic heterocycles. The van der Waals surface area contributed by atoms with Gasteiger partial charge in [0.2, 0.25) is 5.91 Å². The van der Waals surface area contributed by atoms with Crippen molar-refractivity contribution in [2.24, 2.45) is 16.6 Å². The van der Waals surface area contributed by atoms with Crippen molar-refractivity contribution in [3.05, 3.63) is 58.7 Å². The van der Waals surface area contributed by atoms with Crippen molar-refractivity contribution in [1.82, 2.24) is 10.2 Å². The van der Waals surface area contributed by atoms with Crippen LogP contribution in [0.3, 0.4) is 0 Å². The molecule has 2 amide bonds. The number of nitrogens with two attached hydrogens (primary N) is 1. The molecule has 0 aromatic heterocycles. The Bertz CT molecular complexity index is 1490. The molecular formula is C32H37F3N4O4. The highest BCUT2D eigenvalue weighted by Crippen LogP contribution is 2.48. The predicted octanol–water partition coefficient (Wildman–Crippen LogP) is 5.75. The molecule has 0 unspecified atom stereocenters. The molecule has 7 rings (SSSR count). The van der Waals surface area contributed by atoms with E-state index in [0.717, 1.165) is 35.3 Å². The van der Waals surface area contributed by atoms with Crippen LogP contribution in [-0.2, 0) is 11.2 Å². The van der Waals surface area contributed by atoms with Crippen molar-refractivity contribution in [3.8, 4) is 11.5 Å². The van der Waals surface area contributed by atoms with Gasteiger partial charge in [0.05, 0.1) is 24.0 Å². The number of benzene rings is 2. The second kappa shape index (κ2) is 10.4. The van der Waals surface area contributed by atoms with Gasteiger partial charge in [0.15, 0.2) is 5.96 Å². The van der Waals surface area contributed by atoms with E-state index in [9.17, 15) is 22.8 Å². The fraction of sp³-hybridized carbons (Fsp3) is 0.531. The van der Waals surface area contributed by atoms with Crippen molar-refractivity contribution >= 4 is 17.8 Å². The minimum atomic E-state index is -4.70. The van der Waals surface area contributed by atoms with Crippen LogP contribution in [0.25, 0.3) is 0 Å². The number of amides is 2. The summed E-state index contributed by atoms with van der Waals surface area (Å²) in [5.74, 6) is -2.38. The van der Waals surface area contributed by atoms with Gasteiger partial charge < -0.3 is 20.5 Å². The zero-order valence-corrected chi connectivity index (χ0v) is 24.6. The summed E-state index contributed by atoms with van der Waals surface area (Å²) in [6, 6.07) is 8.55. The van der Waals surface area contributed by atoms with Crippen LogP contribution in [0.15, 0.2) is 41.4 Å². The Morgan fingerprint density at radius 1 is 1.09 bits per heavy atom. The van der Waals surface area contributed by atoms with E-state index in [2.05, 4.69) is 11.4 Å². The van der Waals surface area contributed by atoms with Gasteiger partial charge in [-0.15, -0.1) is 0 Å². The molecule has 3 N–H and O–H groups in total. The van der Waals surface area contributed by atoms with Gasteiger partial charge in [-0.05, 0) is 69.4 Å². The molecule has 230 valence electrons. The van der Waals surface area contributed by atoms with Crippen LogP contribution >= 0.6 is 0 Å². The minimum absolute atomic E-state index is 0.0463. The van der Waals surface area contributed by atoms with Gasteiger partial charge in [-0.1, -0.05) is 25.5 Å². The Labute approximate surface area is 248 Å². The number of nitrogens with zero attached hydrogens (tertiary/aromatic N) is 2. The molecular weight excluding hydrogens is 561 g/mol. The van der Waals surface area contributed by atoms with Gasteiger partial charge in [0.25, 0.3) is 5.91 Å². The molecule has 0 saturated heterocycles. The SMILES string of the molecule is CC[C@@]12CCCCc3ccc4c(c3)[C@H](CC(C)(C)O4)NC(=O)c3ccc4c(c3)[C@@H]([C@@H](C(F)(F)F)CO4)N(C(=O)C1)C(N)=N2. The van der Waals surface area contributed by atoms with Crippen molar-refractivity contribution in [1.29, 1.82) is 0 Å². The summed E-state index contributed by atoms with van der Waals surface area (Å²) in [6.07, 6.45) is -0.774. The lowest BCUT2D eigenvalue weighted by atomic mass is 9.82. The number of aliphatic imine (C=N–C) groups is 1. The Hall–Kier alpha value is -3.76. The molecule has 5 aliphatic rings. The maximum atomic E-state index is 14.5. The number of rotatable bonds is 1. The second-order valence-electron chi connectivity index (χ2n) is 12.8. The highest BCUT2D eigenvalue weighted by Gasteiger charge is 2.54. The quantitative estimate of drug-likeness (QED) is 0.435. The van der Waals surface area contributed by atoms with Gasteiger partial charge in [-0.3, -0.25) is 14.5 Å². The standard InChI is InChI=1S/C32H37F3N4O4/c1-4-31-12-6-5-7-18-8-10-25-20(13-18)23(15-30(2,3)43-25)37-28(41)19-9-11-24-21(14-19)27(22(17-42-24)32(33,34)35)39(26(40)16-31)29(36)38-31/h8-11,13-14,22-23,27H,4-7,12,15-17H2,1-3H3,(H2,36,38)(H,37,41)/t22-,23-,27-,31+/m0/s1. The Kier molecular flexibility index (Phi) is 7.12. The van der Waals surface area contributed by atoms with Crippen molar-refractivity contribution in [3.63, 3.8) is 0 Å². The largest absolute Gasteiger partial charge is 0.492 e. The maximum Gasteiger partial charge on any atom is 0.397 e. The van der Waals surface area contributed by atoms with E-state index in [1.165, 1.54) is 18.2 Å². The number of hydrogen-bond donors (Lipinski definition) is 2. The summed E-state index contributed by atoms with van der Waals surface area (Å²) >= 11 is 0. The van der Waals surface area contributed by atoms with Gasteiger partial charge in [-0.25, -0.2) is 4.99 Å². The van der Waals surface area contributed by atoms with E-state index < -0.39 is 47.7 Å². The lowest BCUT2D eigenvalue weighted by Gasteiger charge is -2.45. The van der Waals surface area contributed by atoms with Crippen LogP contribution in [-0.4, -0.2) is 46.6 Å². The topological polar surface area (TPSA) is 106 Å². The molecule has 8 nitrogen and oxygen atoms in total. The normalized spacial score (nSPS) is 28.6. The smallest absolute Gasteiger partial charge is 0.397 e. The predicted molar refractivity (Wildman–Crippen MR) is 154 cm³/mol. The molecule has 4 atom stereocenters. The minimum Gasteiger partial charge on any atom is -0.492 e. The lowest BCUT2D eigenvalue weighted by Crippen LogP contribution is -2.56. The third kappa shape index (κ3) is 5.42. The average Bonchev–Trinajstić information content (AvgIpc) is 2.93. The molecule has 0 aliphatic carbocycles. The van der Waals surface area contributed by atoms with Gasteiger partial charge >= 0.3 is 6.18 Å². The number of ether oxygens (including phenoxy) is 2. The third-order valence-electron chi connectivity index (χ3n) is 9.29. The zero-order valence-electron chi connectivity index (χ0n) is 24.6. The molecule has 43 heavy (non-hydrogen) atoms. The Balaban J connectivity index is 1.49. The average molecular weight is 599 g/mol. The Morgan fingerprint density at radius 2 is 1.86 bits per heavy atom. The highest BCUT2D eigenvalue weighted by atomic mass is 19.4. The number of carbonyl (C=O) groups excluding carboxylic acids is 2. The van der Waals surface area contributed by atoms with Crippen LogP contribution in [0.5, 0.6) is 11.5 Å². The molecule has 0 radical (unpaired) electrons. The number of nitrogens with one attached hydrogen (secondary N) is 1. The number of halogens is 3. The van der Waals surface area contributed by atoms with Gasteiger partial charge in [0, 0.05) is 23.1 Å². The monoisotopic (exact) mass is 598 g/mol. The van der Waals surface area contributed by atoms with Crippen LogP contribution in [0.4, 0.5) is 13.2 Å². The third-order valence-corrected chi connectivity index (χ3v) is 9.29. The number of aryl methyl sites for hydroxylation is 1. The Morgan fingerprint density at radius 3 is 2.58 bits per heavy atom. The van der Waals surface area contributed by atoms with E-state index in [0.29, 0.717) is 25.0 Å². The molecule has 2 aromatic carbocycles. The number of alkyl halides is 3. The zero-order chi connectivity index (χ0) is 30.7. The fourth-order valence-electron chi connectivity index (χ4n) is 7.00. The first-order valence-corrected chi connectivity index (χ1v) is 14.9. The first-order chi connectivity index (χ1) is 20.3. The summed E-state index contributed by atoms with van der Waals surface area (Å²) in [5, 5.41) is 3.10. The number of guanidine groups is 1. The molecule has 0 saturated carbocycles. The van der Waals surface area contributed by atoms with E-state index >= 15 is 0 Å². The van der Waals surface area contributed by atoms with E-state index in [-0.39, 0.29) is 35.3 Å². The summed E-state index contributed by atoms with van der Waals surface area (Å²) in [6.45, 7) is 5.15. The summed E-state index contributed by atoms with van der Waals surface area (Å²) in [7, 11) is 0. The molecule has 11 heteroatoms. The van der Waals surface area contributed by atoms with Crippen LogP contribution < -0.4 is 20.5 Å². The summed E-state index contributed by atoms with van der Waals surface area (Å²) in [5.41, 5.74) is 7.26. The summed E-state index contributed by atoms with van der Waals surface area (Å²) < 4.78 is 55.2. The highest BCUT2D eigenvalue weighted by molar-refractivity contribution is 6.00. The van der Waals surface area contributed by atoms with Crippen LogP contribution in [0, 0.1) is 5.92 Å². The number of carbonyl (C=O) groups is 2.